The van der Waals surface area contributed by atoms with Crippen LogP contribution in [0.25, 0.3) is 11.3 Å². The highest BCUT2D eigenvalue weighted by Crippen LogP contribution is 2.36. The van der Waals surface area contributed by atoms with Crippen molar-refractivity contribution >= 4 is 16.5 Å². The van der Waals surface area contributed by atoms with E-state index in [0.717, 1.165) is 73.5 Å². The molecule has 0 amide bonds. The van der Waals surface area contributed by atoms with E-state index in [4.69, 9.17) is 14.5 Å². The highest BCUT2D eigenvalue weighted by molar-refractivity contribution is 7.14. The van der Waals surface area contributed by atoms with Gasteiger partial charge < -0.3 is 24.6 Å². The monoisotopic (exact) mass is 509 g/mol. The summed E-state index contributed by atoms with van der Waals surface area (Å²) in [5.74, 6) is 0.693. The Morgan fingerprint density at radius 2 is 1.94 bits per heavy atom. The standard InChI is InChI=1S/C28H35N3O4S/c1-19-3-6-26(24(13-19)25-18-36-28(29-25)31-8-7-22(16-31)27(32)33)35-17-23-5-4-21(14-20(23)2)15-30-9-11-34-12-10-30/h3-6,13-14,18,22,27,32-33H,7-12,15-17H2,1-2H3. The van der Waals surface area contributed by atoms with E-state index in [0.29, 0.717) is 13.2 Å². The molecule has 3 heterocycles. The first kappa shape index (κ1) is 25.2. The number of anilines is 1. The quantitative estimate of drug-likeness (QED) is 0.445. The predicted octanol–water partition coefficient (Wildman–Crippen LogP) is 3.98. The molecule has 1 atom stereocenters. The molecule has 2 aliphatic rings. The van der Waals surface area contributed by atoms with E-state index in [1.54, 1.807) is 11.3 Å². The maximum atomic E-state index is 9.52. The molecule has 2 aliphatic heterocycles. The first-order chi connectivity index (χ1) is 17.5. The Labute approximate surface area is 216 Å². The van der Waals surface area contributed by atoms with E-state index in [9.17, 15) is 10.2 Å². The van der Waals surface area contributed by atoms with Crippen LogP contribution in [-0.4, -0.2) is 65.8 Å². The summed E-state index contributed by atoms with van der Waals surface area (Å²) >= 11 is 1.59. The molecule has 2 N–H and O–H groups in total. The third kappa shape index (κ3) is 5.90. The van der Waals surface area contributed by atoms with Crippen LogP contribution in [0.1, 0.15) is 28.7 Å². The lowest BCUT2D eigenvalue weighted by molar-refractivity contribution is -0.0771. The molecule has 2 aromatic carbocycles. The summed E-state index contributed by atoms with van der Waals surface area (Å²) < 4.78 is 11.8. The third-order valence-corrected chi connectivity index (χ3v) is 8.02. The molecule has 3 aromatic rings. The van der Waals surface area contributed by atoms with E-state index in [-0.39, 0.29) is 5.92 Å². The zero-order chi connectivity index (χ0) is 25.1. The second-order valence-electron chi connectivity index (χ2n) is 9.86. The highest BCUT2D eigenvalue weighted by atomic mass is 32.1. The number of benzene rings is 2. The van der Waals surface area contributed by atoms with Crippen molar-refractivity contribution in [2.45, 2.75) is 39.7 Å². The number of aromatic nitrogens is 1. The van der Waals surface area contributed by atoms with Crippen molar-refractivity contribution in [2.24, 2.45) is 5.92 Å². The Kier molecular flexibility index (Phi) is 7.88. The number of morpholine rings is 1. The Hall–Kier alpha value is -2.49. The van der Waals surface area contributed by atoms with Gasteiger partial charge >= 0.3 is 0 Å². The van der Waals surface area contributed by atoms with Gasteiger partial charge in [0.15, 0.2) is 11.4 Å². The molecule has 0 radical (unpaired) electrons. The first-order valence-corrected chi connectivity index (χ1v) is 13.5. The molecule has 36 heavy (non-hydrogen) atoms. The average Bonchev–Trinajstić information content (AvgIpc) is 3.55. The molecule has 8 heteroatoms. The Bertz CT molecular complexity index is 1180. The number of nitrogens with zero attached hydrogens (tertiary/aromatic N) is 3. The zero-order valence-electron chi connectivity index (χ0n) is 21.0. The number of hydrogen-bond donors (Lipinski definition) is 2. The molecular formula is C28H35N3O4S. The maximum absolute atomic E-state index is 9.52. The van der Waals surface area contributed by atoms with Crippen LogP contribution in [0.5, 0.6) is 5.75 Å². The van der Waals surface area contributed by atoms with E-state index in [2.05, 4.69) is 59.4 Å². The fourth-order valence-electron chi connectivity index (χ4n) is 4.90. The molecule has 1 unspecified atom stereocenters. The second-order valence-corrected chi connectivity index (χ2v) is 10.7. The van der Waals surface area contributed by atoms with Gasteiger partial charge in [-0.05, 0) is 49.1 Å². The van der Waals surface area contributed by atoms with E-state index in [1.807, 2.05) is 6.07 Å². The molecule has 0 aliphatic carbocycles. The number of aliphatic hydroxyl groups is 2. The largest absolute Gasteiger partial charge is 0.488 e. The summed E-state index contributed by atoms with van der Waals surface area (Å²) in [6, 6.07) is 12.9. The number of aliphatic hydroxyl groups excluding tert-OH is 1. The molecular weight excluding hydrogens is 474 g/mol. The molecule has 0 saturated carbocycles. The number of hydrogen-bond acceptors (Lipinski definition) is 8. The van der Waals surface area contributed by atoms with Gasteiger partial charge in [0.25, 0.3) is 0 Å². The lowest BCUT2D eigenvalue weighted by Gasteiger charge is -2.26. The van der Waals surface area contributed by atoms with Crippen LogP contribution >= 0.6 is 11.3 Å². The number of thiazole rings is 1. The predicted molar refractivity (Wildman–Crippen MR) is 142 cm³/mol. The van der Waals surface area contributed by atoms with Crippen LogP contribution in [0, 0.1) is 19.8 Å². The smallest absolute Gasteiger partial charge is 0.185 e. The first-order valence-electron chi connectivity index (χ1n) is 12.7. The minimum atomic E-state index is -1.27. The van der Waals surface area contributed by atoms with Crippen LogP contribution in [-0.2, 0) is 17.9 Å². The van der Waals surface area contributed by atoms with Crippen molar-refractivity contribution < 1.29 is 19.7 Å². The third-order valence-electron chi connectivity index (χ3n) is 7.12. The van der Waals surface area contributed by atoms with Crippen LogP contribution in [0.3, 0.4) is 0 Å². The lowest BCUT2D eigenvalue weighted by atomic mass is 10.0. The molecule has 2 saturated heterocycles. The zero-order valence-corrected chi connectivity index (χ0v) is 21.8. The van der Waals surface area contributed by atoms with Gasteiger partial charge in [-0.1, -0.05) is 29.8 Å². The van der Waals surface area contributed by atoms with E-state index in [1.165, 1.54) is 16.7 Å². The fraction of sp³-hybridized carbons (Fsp3) is 0.464. The summed E-state index contributed by atoms with van der Waals surface area (Å²) in [4.78, 5) is 9.45. The maximum Gasteiger partial charge on any atom is 0.185 e. The molecule has 2 fully saturated rings. The van der Waals surface area contributed by atoms with Gasteiger partial charge in [-0.25, -0.2) is 4.98 Å². The topological polar surface area (TPSA) is 78.3 Å². The van der Waals surface area contributed by atoms with Gasteiger partial charge in [-0.2, -0.15) is 0 Å². The minimum Gasteiger partial charge on any atom is -0.488 e. The van der Waals surface area contributed by atoms with E-state index >= 15 is 0 Å². The second kappa shape index (κ2) is 11.3. The lowest BCUT2D eigenvalue weighted by Crippen LogP contribution is -2.35. The van der Waals surface area contributed by atoms with Crippen molar-refractivity contribution in [3.8, 4) is 17.0 Å². The minimum absolute atomic E-state index is 0.126. The van der Waals surface area contributed by atoms with Crippen LogP contribution < -0.4 is 9.64 Å². The molecule has 0 spiro atoms. The van der Waals surface area contributed by atoms with Crippen molar-refractivity contribution in [2.75, 3.05) is 44.3 Å². The van der Waals surface area contributed by atoms with Crippen molar-refractivity contribution in [3.05, 3.63) is 64.0 Å². The summed E-state index contributed by atoms with van der Waals surface area (Å²) in [6.45, 7) is 10.7. The van der Waals surface area contributed by atoms with E-state index < -0.39 is 6.29 Å². The van der Waals surface area contributed by atoms with Gasteiger partial charge in [0.1, 0.15) is 12.4 Å². The highest BCUT2D eigenvalue weighted by Gasteiger charge is 2.29. The van der Waals surface area contributed by atoms with Crippen LogP contribution in [0.4, 0.5) is 5.13 Å². The van der Waals surface area contributed by atoms with Gasteiger partial charge in [-0.3, -0.25) is 4.90 Å². The summed E-state index contributed by atoms with van der Waals surface area (Å²) in [5, 5.41) is 22.0. The van der Waals surface area contributed by atoms with Gasteiger partial charge in [0.2, 0.25) is 0 Å². The average molecular weight is 510 g/mol. The summed E-state index contributed by atoms with van der Waals surface area (Å²) in [7, 11) is 0. The van der Waals surface area contributed by atoms with Gasteiger partial charge in [0.05, 0.1) is 18.9 Å². The van der Waals surface area contributed by atoms with Crippen molar-refractivity contribution in [1.29, 1.82) is 0 Å². The Morgan fingerprint density at radius 3 is 2.69 bits per heavy atom. The normalized spacial score (nSPS) is 18.8. The Balaban J connectivity index is 1.27. The molecule has 192 valence electrons. The number of rotatable bonds is 8. The molecule has 5 rings (SSSR count). The molecule has 7 nitrogen and oxygen atoms in total. The molecule has 1 aromatic heterocycles. The van der Waals surface area contributed by atoms with Crippen molar-refractivity contribution in [3.63, 3.8) is 0 Å². The van der Waals surface area contributed by atoms with Crippen LogP contribution in [0.15, 0.2) is 41.8 Å². The summed E-state index contributed by atoms with van der Waals surface area (Å²) in [5.41, 5.74) is 6.76. The molecule has 0 bridgehead atoms. The Morgan fingerprint density at radius 1 is 1.11 bits per heavy atom. The fourth-order valence-corrected chi connectivity index (χ4v) is 5.76. The van der Waals surface area contributed by atoms with Crippen molar-refractivity contribution in [1.82, 2.24) is 9.88 Å². The summed E-state index contributed by atoms with van der Waals surface area (Å²) in [6.07, 6.45) is -0.515. The van der Waals surface area contributed by atoms with Crippen LogP contribution in [0.2, 0.25) is 0 Å². The SMILES string of the molecule is Cc1ccc(OCc2ccc(CN3CCOCC3)cc2C)c(-c2csc(N3CCC(C(O)O)C3)n2)c1. The van der Waals surface area contributed by atoms with Gasteiger partial charge in [0, 0.05) is 49.6 Å². The van der Waals surface area contributed by atoms with Gasteiger partial charge in [-0.15, -0.1) is 11.3 Å². The number of ether oxygens (including phenoxy) is 2. The number of aryl methyl sites for hydroxylation is 2.